The Hall–Kier alpha value is -3.12. The van der Waals surface area contributed by atoms with Crippen molar-refractivity contribution in [2.45, 2.75) is 13.0 Å². The lowest BCUT2D eigenvalue weighted by Gasteiger charge is -2.29. The number of rotatable bonds is 4. The molecule has 0 bridgehead atoms. The highest BCUT2D eigenvalue weighted by atomic mass is 16.5. The summed E-state index contributed by atoms with van der Waals surface area (Å²) in [6.07, 6.45) is 3.69. The summed E-state index contributed by atoms with van der Waals surface area (Å²) < 4.78 is 0. The van der Waals surface area contributed by atoms with E-state index < -0.39 is 5.91 Å². The predicted molar refractivity (Wildman–Crippen MR) is 105 cm³/mol. The summed E-state index contributed by atoms with van der Waals surface area (Å²) in [5, 5.41) is 8.53. The summed E-state index contributed by atoms with van der Waals surface area (Å²) >= 11 is 0. The molecule has 2 aromatic carbocycles. The number of carbonyl (C=O) groups excluding carboxylic acids is 2. The molecule has 3 rings (SSSR count). The van der Waals surface area contributed by atoms with E-state index in [4.69, 9.17) is 5.21 Å². The Morgan fingerprint density at radius 3 is 2.52 bits per heavy atom. The molecule has 0 unspecified atom stereocenters. The fraction of sp³-hybridized carbons (Fsp3) is 0.238. The molecule has 1 aliphatic heterocycles. The number of amides is 2. The number of hydrogen-bond acceptors (Lipinski definition) is 4. The Balaban J connectivity index is 1.71. The van der Waals surface area contributed by atoms with Crippen LogP contribution in [0.15, 0.2) is 48.5 Å². The highest BCUT2D eigenvalue weighted by Crippen LogP contribution is 2.23. The molecule has 140 valence electrons. The normalized spacial score (nSPS) is 13.4. The molecule has 0 aliphatic carbocycles. The van der Waals surface area contributed by atoms with Crippen molar-refractivity contribution < 1.29 is 14.8 Å². The summed E-state index contributed by atoms with van der Waals surface area (Å²) in [5.41, 5.74) is 6.50. The van der Waals surface area contributed by atoms with Gasteiger partial charge in [0.2, 0.25) is 0 Å². The lowest BCUT2D eigenvalue weighted by atomic mass is 9.96. The van der Waals surface area contributed by atoms with Crippen LogP contribution in [0.4, 0.5) is 5.69 Å². The molecule has 0 saturated heterocycles. The van der Waals surface area contributed by atoms with Gasteiger partial charge in [0.1, 0.15) is 0 Å². The van der Waals surface area contributed by atoms with E-state index >= 15 is 0 Å². The van der Waals surface area contributed by atoms with Crippen LogP contribution < -0.4 is 10.4 Å². The predicted octanol–water partition coefficient (Wildman–Crippen LogP) is 2.47. The second-order valence-corrected chi connectivity index (χ2v) is 6.76. The summed E-state index contributed by atoms with van der Waals surface area (Å²) in [6.45, 7) is 1.23. The Morgan fingerprint density at radius 2 is 1.85 bits per heavy atom. The average molecular weight is 365 g/mol. The van der Waals surface area contributed by atoms with Crippen molar-refractivity contribution in [3.05, 3.63) is 70.8 Å². The van der Waals surface area contributed by atoms with E-state index in [1.54, 1.807) is 11.6 Å². The van der Waals surface area contributed by atoms with Gasteiger partial charge in [-0.1, -0.05) is 18.2 Å². The van der Waals surface area contributed by atoms with Gasteiger partial charge < -0.3 is 9.80 Å². The molecule has 1 heterocycles. The molecule has 2 N–H and O–H groups in total. The molecule has 1 aliphatic rings. The zero-order chi connectivity index (χ0) is 19.4. The SMILES string of the molecule is CN(C)c1ccc(C(=O)N2CCc3cc(C=CC(=O)NO)ccc3C2)cc1. The van der Waals surface area contributed by atoms with Gasteiger partial charge in [-0.25, -0.2) is 5.48 Å². The van der Waals surface area contributed by atoms with E-state index in [2.05, 4.69) is 0 Å². The van der Waals surface area contributed by atoms with Crippen LogP contribution >= 0.6 is 0 Å². The fourth-order valence-corrected chi connectivity index (χ4v) is 3.14. The maximum absolute atomic E-state index is 12.8. The molecule has 0 aromatic heterocycles. The van der Waals surface area contributed by atoms with Crippen molar-refractivity contribution in [1.29, 1.82) is 0 Å². The maximum Gasteiger partial charge on any atom is 0.267 e. The van der Waals surface area contributed by atoms with Gasteiger partial charge in [-0.05, 0) is 53.5 Å². The molecule has 0 spiro atoms. The standard InChI is InChI=1S/C21H23N3O3/c1-23(2)19-8-6-16(7-9-19)21(26)24-12-11-17-13-15(3-5-18(17)14-24)4-10-20(25)22-27/h3-10,13,27H,11-12,14H2,1-2H3,(H,22,25). The average Bonchev–Trinajstić information content (AvgIpc) is 2.70. The molecule has 6 nitrogen and oxygen atoms in total. The van der Waals surface area contributed by atoms with Crippen LogP contribution in [0.25, 0.3) is 6.08 Å². The summed E-state index contributed by atoms with van der Waals surface area (Å²) in [5.74, 6) is -0.528. The van der Waals surface area contributed by atoms with E-state index in [1.807, 2.05) is 66.4 Å². The molecule has 0 radical (unpaired) electrons. The van der Waals surface area contributed by atoms with E-state index in [0.29, 0.717) is 18.7 Å². The van der Waals surface area contributed by atoms with Crippen molar-refractivity contribution in [2.24, 2.45) is 0 Å². The number of nitrogens with one attached hydrogen (secondary N) is 1. The van der Waals surface area contributed by atoms with Gasteiger partial charge in [-0.2, -0.15) is 0 Å². The first kappa shape index (κ1) is 18.7. The van der Waals surface area contributed by atoms with Crippen LogP contribution in [0.3, 0.4) is 0 Å². The number of anilines is 1. The molecular weight excluding hydrogens is 342 g/mol. The third-order valence-corrected chi connectivity index (χ3v) is 4.70. The first-order valence-electron chi connectivity index (χ1n) is 8.78. The number of fused-ring (bicyclic) bond motifs is 1. The second-order valence-electron chi connectivity index (χ2n) is 6.76. The van der Waals surface area contributed by atoms with Gasteiger partial charge in [0.05, 0.1) is 0 Å². The number of carbonyl (C=O) groups is 2. The zero-order valence-corrected chi connectivity index (χ0v) is 15.5. The van der Waals surface area contributed by atoms with Crippen molar-refractivity contribution >= 4 is 23.6 Å². The van der Waals surface area contributed by atoms with Gasteiger partial charge in [-0.3, -0.25) is 14.8 Å². The van der Waals surface area contributed by atoms with Crippen LogP contribution in [-0.4, -0.2) is 42.6 Å². The molecule has 0 atom stereocenters. The Kier molecular flexibility index (Phi) is 5.57. The first-order valence-corrected chi connectivity index (χ1v) is 8.78. The lowest BCUT2D eigenvalue weighted by Crippen LogP contribution is -2.36. The number of hydroxylamine groups is 1. The minimum atomic E-state index is -0.565. The van der Waals surface area contributed by atoms with Crippen molar-refractivity contribution in [2.75, 3.05) is 25.5 Å². The topological polar surface area (TPSA) is 72.9 Å². The molecule has 2 amide bonds. The smallest absolute Gasteiger partial charge is 0.267 e. The molecule has 2 aromatic rings. The summed E-state index contributed by atoms with van der Waals surface area (Å²) in [7, 11) is 3.94. The van der Waals surface area contributed by atoms with E-state index in [0.717, 1.165) is 23.2 Å². The Labute approximate surface area is 158 Å². The lowest BCUT2D eigenvalue weighted by molar-refractivity contribution is -0.124. The van der Waals surface area contributed by atoms with E-state index in [-0.39, 0.29) is 5.91 Å². The fourth-order valence-electron chi connectivity index (χ4n) is 3.14. The maximum atomic E-state index is 12.8. The largest absolute Gasteiger partial charge is 0.378 e. The minimum Gasteiger partial charge on any atom is -0.378 e. The van der Waals surface area contributed by atoms with Crippen molar-refractivity contribution in [1.82, 2.24) is 10.4 Å². The van der Waals surface area contributed by atoms with E-state index in [1.165, 1.54) is 11.6 Å². The first-order chi connectivity index (χ1) is 13.0. The van der Waals surface area contributed by atoms with Gasteiger partial charge in [-0.15, -0.1) is 0 Å². The highest BCUT2D eigenvalue weighted by molar-refractivity contribution is 5.94. The van der Waals surface area contributed by atoms with Crippen LogP contribution in [0.1, 0.15) is 27.0 Å². The van der Waals surface area contributed by atoms with Crippen LogP contribution in [-0.2, 0) is 17.8 Å². The molecule has 27 heavy (non-hydrogen) atoms. The quantitative estimate of drug-likeness (QED) is 0.496. The minimum absolute atomic E-state index is 0.0366. The monoisotopic (exact) mass is 365 g/mol. The number of benzene rings is 2. The van der Waals surface area contributed by atoms with Crippen LogP contribution in [0, 0.1) is 0 Å². The van der Waals surface area contributed by atoms with Gasteiger partial charge >= 0.3 is 0 Å². The van der Waals surface area contributed by atoms with Gasteiger partial charge in [0.25, 0.3) is 11.8 Å². The van der Waals surface area contributed by atoms with Crippen LogP contribution in [0.5, 0.6) is 0 Å². The van der Waals surface area contributed by atoms with Gasteiger partial charge in [0.15, 0.2) is 0 Å². The molecule has 0 saturated carbocycles. The molecule has 6 heteroatoms. The molecule has 0 fully saturated rings. The van der Waals surface area contributed by atoms with Crippen molar-refractivity contribution in [3.8, 4) is 0 Å². The third kappa shape index (κ3) is 4.35. The van der Waals surface area contributed by atoms with Gasteiger partial charge in [0, 0.05) is 44.5 Å². The number of nitrogens with zero attached hydrogens (tertiary/aromatic N) is 2. The van der Waals surface area contributed by atoms with Crippen LogP contribution in [0.2, 0.25) is 0 Å². The Bertz CT molecular complexity index is 873. The summed E-state index contributed by atoms with van der Waals surface area (Å²) in [6, 6.07) is 13.5. The second kappa shape index (κ2) is 8.05. The molecular formula is C21H23N3O3. The number of hydrogen-bond donors (Lipinski definition) is 2. The van der Waals surface area contributed by atoms with Crippen molar-refractivity contribution in [3.63, 3.8) is 0 Å². The third-order valence-electron chi connectivity index (χ3n) is 4.70. The zero-order valence-electron chi connectivity index (χ0n) is 15.5. The Morgan fingerprint density at radius 1 is 1.11 bits per heavy atom. The summed E-state index contributed by atoms with van der Waals surface area (Å²) in [4.78, 5) is 27.8. The highest BCUT2D eigenvalue weighted by Gasteiger charge is 2.21. The van der Waals surface area contributed by atoms with E-state index in [9.17, 15) is 9.59 Å².